The van der Waals surface area contributed by atoms with Crippen molar-refractivity contribution in [1.82, 2.24) is 4.90 Å². The maximum Gasteiger partial charge on any atom is 0.230 e. The molecule has 3 nitrogen and oxygen atoms in total. The number of carbonyl (C=O) groups is 1. The fraction of sp³-hybridized carbons (Fsp3) is 0.500. The SMILES string of the molecule is CC.O=C(C1CC1)N(CC1CCCN(CCc2ccccc2)C1)c1ccccc1. The number of amides is 1. The molecular formula is C26H36N2O. The average molecular weight is 393 g/mol. The van der Waals surface area contributed by atoms with E-state index in [-0.39, 0.29) is 5.92 Å². The first-order valence-corrected chi connectivity index (χ1v) is 11.4. The third kappa shape index (κ3) is 6.43. The molecule has 3 heteroatoms. The number of piperidine rings is 1. The average Bonchev–Trinajstić information content (AvgIpc) is 3.64. The van der Waals surface area contributed by atoms with Crippen molar-refractivity contribution in [2.24, 2.45) is 11.8 Å². The Labute approximate surface area is 176 Å². The van der Waals surface area contributed by atoms with Crippen LogP contribution in [0, 0.1) is 11.8 Å². The van der Waals surface area contributed by atoms with Gasteiger partial charge in [-0.2, -0.15) is 0 Å². The Balaban J connectivity index is 0.00000117. The molecule has 4 rings (SSSR count). The lowest BCUT2D eigenvalue weighted by molar-refractivity contribution is -0.120. The molecule has 1 aliphatic carbocycles. The molecule has 156 valence electrons. The lowest BCUT2D eigenvalue weighted by Gasteiger charge is -2.36. The van der Waals surface area contributed by atoms with Crippen LogP contribution in [0.25, 0.3) is 0 Å². The second-order valence-corrected chi connectivity index (χ2v) is 8.10. The summed E-state index contributed by atoms with van der Waals surface area (Å²) < 4.78 is 0. The Hall–Kier alpha value is -2.13. The van der Waals surface area contributed by atoms with Crippen LogP contribution in [-0.4, -0.2) is 37.0 Å². The summed E-state index contributed by atoms with van der Waals surface area (Å²) in [6.07, 6.45) is 5.70. The normalized spacial score (nSPS) is 19.2. The standard InChI is InChI=1S/C24H30N2O.C2H6/c27-24(22-13-14-22)26(23-11-5-2-6-12-23)19-21-10-7-16-25(18-21)17-15-20-8-3-1-4-9-20;1-2/h1-6,8-9,11-12,21-22H,7,10,13-19H2;1-2H3. The van der Waals surface area contributed by atoms with Crippen LogP contribution in [0.2, 0.25) is 0 Å². The van der Waals surface area contributed by atoms with E-state index in [2.05, 4.69) is 52.3 Å². The summed E-state index contributed by atoms with van der Waals surface area (Å²) in [4.78, 5) is 17.5. The third-order valence-electron chi connectivity index (χ3n) is 5.86. The summed E-state index contributed by atoms with van der Waals surface area (Å²) in [5.41, 5.74) is 2.48. The summed E-state index contributed by atoms with van der Waals surface area (Å²) in [7, 11) is 0. The number of para-hydroxylation sites is 1. The van der Waals surface area contributed by atoms with Crippen LogP contribution in [-0.2, 0) is 11.2 Å². The minimum atomic E-state index is 0.267. The van der Waals surface area contributed by atoms with E-state index in [0.717, 1.165) is 44.6 Å². The molecule has 1 aliphatic heterocycles. The molecule has 2 aromatic rings. The monoisotopic (exact) mass is 392 g/mol. The molecule has 29 heavy (non-hydrogen) atoms. The maximum atomic E-state index is 12.9. The van der Waals surface area contributed by atoms with Gasteiger partial charge in [0.2, 0.25) is 5.91 Å². The van der Waals surface area contributed by atoms with Crippen molar-refractivity contribution in [2.45, 2.75) is 46.0 Å². The molecule has 1 amide bonds. The van der Waals surface area contributed by atoms with Crippen LogP contribution in [0.15, 0.2) is 60.7 Å². The van der Waals surface area contributed by atoms with E-state index in [1.165, 1.54) is 24.9 Å². The van der Waals surface area contributed by atoms with E-state index >= 15 is 0 Å². The van der Waals surface area contributed by atoms with Crippen molar-refractivity contribution in [3.05, 3.63) is 66.2 Å². The molecule has 0 aromatic heterocycles. The molecular weight excluding hydrogens is 356 g/mol. The second kappa shape index (κ2) is 11.2. The van der Waals surface area contributed by atoms with E-state index in [1.54, 1.807) is 0 Å². The van der Waals surface area contributed by atoms with Crippen molar-refractivity contribution in [1.29, 1.82) is 0 Å². The van der Waals surface area contributed by atoms with Gasteiger partial charge in [0.15, 0.2) is 0 Å². The number of rotatable bonds is 7. The molecule has 1 saturated carbocycles. The van der Waals surface area contributed by atoms with Gasteiger partial charge in [0.25, 0.3) is 0 Å². The van der Waals surface area contributed by atoms with Crippen molar-refractivity contribution < 1.29 is 4.79 Å². The predicted octanol–water partition coefficient (Wildman–Crippen LogP) is 5.41. The van der Waals surface area contributed by atoms with Crippen molar-refractivity contribution in [3.8, 4) is 0 Å². The third-order valence-corrected chi connectivity index (χ3v) is 5.86. The van der Waals surface area contributed by atoms with E-state index in [0.29, 0.717) is 11.8 Å². The molecule has 0 N–H and O–H groups in total. The Bertz CT molecular complexity index is 727. The van der Waals surface area contributed by atoms with Crippen LogP contribution < -0.4 is 4.90 Å². The van der Waals surface area contributed by atoms with Crippen LogP contribution in [0.1, 0.15) is 45.1 Å². The first-order chi connectivity index (χ1) is 14.3. The molecule has 1 unspecified atom stereocenters. The van der Waals surface area contributed by atoms with E-state index < -0.39 is 0 Å². The number of hydrogen-bond acceptors (Lipinski definition) is 2. The molecule has 0 bridgehead atoms. The summed E-state index contributed by atoms with van der Waals surface area (Å²) in [6, 6.07) is 21.0. The first kappa shape index (κ1) is 21.6. The molecule has 0 spiro atoms. The highest BCUT2D eigenvalue weighted by atomic mass is 16.2. The van der Waals surface area contributed by atoms with Gasteiger partial charge in [0, 0.05) is 31.2 Å². The zero-order valence-electron chi connectivity index (χ0n) is 18.1. The van der Waals surface area contributed by atoms with Gasteiger partial charge in [-0.05, 0) is 62.3 Å². The summed E-state index contributed by atoms with van der Waals surface area (Å²) >= 11 is 0. The van der Waals surface area contributed by atoms with E-state index in [1.807, 2.05) is 32.0 Å². The topological polar surface area (TPSA) is 23.6 Å². The van der Waals surface area contributed by atoms with Gasteiger partial charge in [0.05, 0.1) is 0 Å². The van der Waals surface area contributed by atoms with Crippen molar-refractivity contribution in [3.63, 3.8) is 0 Å². The number of likely N-dealkylation sites (tertiary alicyclic amines) is 1. The van der Waals surface area contributed by atoms with Gasteiger partial charge in [-0.25, -0.2) is 0 Å². The highest BCUT2D eigenvalue weighted by Crippen LogP contribution is 2.33. The van der Waals surface area contributed by atoms with Gasteiger partial charge in [-0.3, -0.25) is 4.79 Å². The minimum Gasteiger partial charge on any atom is -0.312 e. The van der Waals surface area contributed by atoms with Crippen LogP contribution in [0.3, 0.4) is 0 Å². The smallest absolute Gasteiger partial charge is 0.230 e. The summed E-state index contributed by atoms with van der Waals surface area (Å²) in [5.74, 6) is 1.17. The first-order valence-electron chi connectivity index (χ1n) is 11.4. The summed E-state index contributed by atoms with van der Waals surface area (Å²) in [5, 5.41) is 0. The largest absolute Gasteiger partial charge is 0.312 e. The lowest BCUT2D eigenvalue weighted by atomic mass is 9.96. The van der Waals surface area contributed by atoms with E-state index in [4.69, 9.17) is 0 Å². The molecule has 0 radical (unpaired) electrons. The quantitative estimate of drug-likeness (QED) is 0.629. The predicted molar refractivity (Wildman–Crippen MR) is 122 cm³/mol. The molecule has 2 fully saturated rings. The maximum absolute atomic E-state index is 12.9. The molecule has 1 heterocycles. The Morgan fingerprint density at radius 1 is 0.966 bits per heavy atom. The Kier molecular flexibility index (Phi) is 8.30. The van der Waals surface area contributed by atoms with Gasteiger partial charge in [-0.1, -0.05) is 62.4 Å². The number of benzene rings is 2. The van der Waals surface area contributed by atoms with Crippen LogP contribution in [0.4, 0.5) is 5.69 Å². The minimum absolute atomic E-state index is 0.267. The van der Waals surface area contributed by atoms with Crippen LogP contribution in [0.5, 0.6) is 0 Å². The Morgan fingerprint density at radius 3 is 2.28 bits per heavy atom. The number of carbonyl (C=O) groups excluding carboxylic acids is 1. The van der Waals surface area contributed by atoms with Gasteiger partial charge in [-0.15, -0.1) is 0 Å². The van der Waals surface area contributed by atoms with Gasteiger partial charge in [0.1, 0.15) is 0 Å². The number of hydrogen-bond donors (Lipinski definition) is 0. The van der Waals surface area contributed by atoms with E-state index in [9.17, 15) is 4.79 Å². The van der Waals surface area contributed by atoms with Crippen molar-refractivity contribution in [2.75, 3.05) is 31.1 Å². The molecule has 1 atom stereocenters. The fourth-order valence-electron chi connectivity index (χ4n) is 4.17. The highest BCUT2D eigenvalue weighted by Gasteiger charge is 2.35. The number of nitrogens with zero attached hydrogens (tertiary/aromatic N) is 2. The second-order valence-electron chi connectivity index (χ2n) is 8.10. The highest BCUT2D eigenvalue weighted by molar-refractivity contribution is 5.96. The number of anilines is 1. The molecule has 2 aromatic carbocycles. The fourth-order valence-corrected chi connectivity index (χ4v) is 4.17. The Morgan fingerprint density at radius 2 is 1.62 bits per heavy atom. The van der Waals surface area contributed by atoms with Gasteiger partial charge >= 0.3 is 0 Å². The molecule has 1 saturated heterocycles. The summed E-state index contributed by atoms with van der Waals surface area (Å²) in [6.45, 7) is 8.27. The lowest BCUT2D eigenvalue weighted by Crippen LogP contribution is -2.44. The van der Waals surface area contributed by atoms with Crippen LogP contribution >= 0.6 is 0 Å². The van der Waals surface area contributed by atoms with Crippen molar-refractivity contribution >= 4 is 11.6 Å². The zero-order valence-corrected chi connectivity index (χ0v) is 18.1. The zero-order chi connectivity index (χ0) is 20.5. The van der Waals surface area contributed by atoms with Gasteiger partial charge < -0.3 is 9.80 Å². The molecule has 2 aliphatic rings.